The van der Waals surface area contributed by atoms with Gasteiger partial charge in [-0.2, -0.15) is 0 Å². The summed E-state index contributed by atoms with van der Waals surface area (Å²) in [6.45, 7) is 3.02. The largest absolute Gasteiger partial charge is 0.352 e. The Labute approximate surface area is 146 Å². The standard InChI is InChI=1S/C19H28N2O.ClH/c22-19(21-13-11-15-10-12-20-14-15)18-8-6-17(7-9-18)16-4-2-1-3-5-16;/h6-9,15-16,20H,1-5,10-14H2,(H,21,22);1H. The van der Waals surface area contributed by atoms with Gasteiger partial charge in [-0.1, -0.05) is 31.4 Å². The number of benzene rings is 1. The molecule has 1 amide bonds. The lowest BCUT2D eigenvalue weighted by molar-refractivity contribution is 0.0951. The quantitative estimate of drug-likeness (QED) is 0.856. The van der Waals surface area contributed by atoms with Crippen LogP contribution in [0.15, 0.2) is 24.3 Å². The van der Waals surface area contributed by atoms with E-state index in [0.717, 1.165) is 37.5 Å². The van der Waals surface area contributed by atoms with E-state index in [0.29, 0.717) is 5.92 Å². The molecule has 0 radical (unpaired) electrons. The maximum Gasteiger partial charge on any atom is 0.251 e. The monoisotopic (exact) mass is 336 g/mol. The normalized spacial score (nSPS) is 21.7. The summed E-state index contributed by atoms with van der Waals surface area (Å²) in [5, 5.41) is 6.42. The molecule has 0 bridgehead atoms. The number of amides is 1. The van der Waals surface area contributed by atoms with E-state index in [4.69, 9.17) is 0 Å². The van der Waals surface area contributed by atoms with Crippen LogP contribution in [0.25, 0.3) is 0 Å². The molecule has 2 N–H and O–H groups in total. The minimum atomic E-state index is 0. The van der Waals surface area contributed by atoms with Crippen LogP contribution >= 0.6 is 12.4 Å². The van der Waals surface area contributed by atoms with Crippen molar-refractivity contribution in [3.05, 3.63) is 35.4 Å². The minimum Gasteiger partial charge on any atom is -0.352 e. The summed E-state index contributed by atoms with van der Waals surface area (Å²) >= 11 is 0. The number of halogens is 1. The first-order valence-corrected chi connectivity index (χ1v) is 8.92. The molecule has 23 heavy (non-hydrogen) atoms. The predicted molar refractivity (Wildman–Crippen MR) is 97.4 cm³/mol. The molecule has 2 fully saturated rings. The van der Waals surface area contributed by atoms with Crippen molar-refractivity contribution in [3.8, 4) is 0 Å². The van der Waals surface area contributed by atoms with Gasteiger partial charge >= 0.3 is 0 Å². The highest BCUT2D eigenvalue weighted by Crippen LogP contribution is 2.32. The fraction of sp³-hybridized carbons (Fsp3) is 0.632. The summed E-state index contributed by atoms with van der Waals surface area (Å²) < 4.78 is 0. The molecule has 128 valence electrons. The highest BCUT2D eigenvalue weighted by Gasteiger charge is 2.16. The molecular weight excluding hydrogens is 308 g/mol. The van der Waals surface area contributed by atoms with Crippen LogP contribution in [0.4, 0.5) is 0 Å². The van der Waals surface area contributed by atoms with Crippen molar-refractivity contribution in [3.63, 3.8) is 0 Å². The van der Waals surface area contributed by atoms with Crippen LogP contribution in [0.3, 0.4) is 0 Å². The smallest absolute Gasteiger partial charge is 0.251 e. The molecule has 3 nitrogen and oxygen atoms in total. The Balaban J connectivity index is 0.00000192. The number of carbonyl (C=O) groups is 1. The van der Waals surface area contributed by atoms with Crippen molar-refractivity contribution >= 4 is 18.3 Å². The molecule has 3 rings (SSSR count). The number of hydrogen-bond acceptors (Lipinski definition) is 2. The molecule has 1 aromatic rings. The summed E-state index contributed by atoms with van der Waals surface area (Å²) in [6, 6.07) is 8.31. The van der Waals surface area contributed by atoms with E-state index in [1.54, 1.807) is 0 Å². The molecule has 4 heteroatoms. The Morgan fingerprint density at radius 2 is 1.83 bits per heavy atom. The Bertz CT molecular complexity index is 477. The van der Waals surface area contributed by atoms with Gasteiger partial charge in [0, 0.05) is 12.1 Å². The first-order valence-electron chi connectivity index (χ1n) is 8.92. The number of carbonyl (C=O) groups excluding carboxylic acids is 1. The van der Waals surface area contributed by atoms with Crippen LogP contribution in [0, 0.1) is 5.92 Å². The second-order valence-corrected chi connectivity index (χ2v) is 6.86. The van der Waals surface area contributed by atoms with Gasteiger partial charge in [0.2, 0.25) is 0 Å². The molecule has 1 saturated heterocycles. The fourth-order valence-electron chi connectivity index (χ4n) is 3.80. The van der Waals surface area contributed by atoms with Gasteiger partial charge in [-0.15, -0.1) is 12.4 Å². The van der Waals surface area contributed by atoms with Crippen LogP contribution in [0.1, 0.15) is 66.8 Å². The first-order chi connectivity index (χ1) is 10.8. The minimum absolute atomic E-state index is 0. The molecule has 1 aliphatic heterocycles. The number of nitrogens with one attached hydrogen (secondary N) is 2. The average molecular weight is 337 g/mol. The molecular formula is C19H29ClN2O. The Morgan fingerprint density at radius 1 is 1.09 bits per heavy atom. The van der Waals surface area contributed by atoms with Crippen LogP contribution in [-0.2, 0) is 0 Å². The van der Waals surface area contributed by atoms with Gasteiger partial charge < -0.3 is 10.6 Å². The third kappa shape index (κ3) is 5.22. The van der Waals surface area contributed by atoms with Crippen molar-refractivity contribution < 1.29 is 4.79 Å². The fourth-order valence-corrected chi connectivity index (χ4v) is 3.80. The predicted octanol–water partition coefficient (Wildman–Crippen LogP) is 3.89. The van der Waals surface area contributed by atoms with Crippen molar-refractivity contribution in [2.24, 2.45) is 5.92 Å². The molecule has 2 aliphatic rings. The van der Waals surface area contributed by atoms with Gasteiger partial charge in [0.05, 0.1) is 0 Å². The van der Waals surface area contributed by atoms with Gasteiger partial charge in [0.15, 0.2) is 0 Å². The van der Waals surface area contributed by atoms with Crippen molar-refractivity contribution in [2.75, 3.05) is 19.6 Å². The zero-order valence-electron chi connectivity index (χ0n) is 13.9. The maximum absolute atomic E-state index is 12.2. The van der Waals surface area contributed by atoms with E-state index in [1.165, 1.54) is 44.1 Å². The van der Waals surface area contributed by atoms with Crippen molar-refractivity contribution in [1.82, 2.24) is 10.6 Å². The summed E-state index contributed by atoms with van der Waals surface area (Å²) in [5.41, 5.74) is 2.21. The lowest BCUT2D eigenvalue weighted by Gasteiger charge is -2.22. The van der Waals surface area contributed by atoms with Crippen molar-refractivity contribution in [1.29, 1.82) is 0 Å². The van der Waals surface area contributed by atoms with Gasteiger partial charge in [0.1, 0.15) is 0 Å². The molecule has 1 saturated carbocycles. The highest BCUT2D eigenvalue weighted by molar-refractivity contribution is 5.94. The Hall–Kier alpha value is -1.06. The Kier molecular flexibility index (Phi) is 7.38. The van der Waals surface area contributed by atoms with E-state index in [9.17, 15) is 4.79 Å². The maximum atomic E-state index is 12.2. The van der Waals surface area contributed by atoms with Gasteiger partial charge in [-0.05, 0) is 68.3 Å². The summed E-state index contributed by atoms with van der Waals surface area (Å²) in [5.74, 6) is 1.51. The molecule has 1 heterocycles. The summed E-state index contributed by atoms with van der Waals surface area (Å²) in [4.78, 5) is 12.2. The lowest BCUT2D eigenvalue weighted by Crippen LogP contribution is -2.26. The topological polar surface area (TPSA) is 41.1 Å². The van der Waals surface area contributed by atoms with Gasteiger partial charge in [0.25, 0.3) is 5.91 Å². The second-order valence-electron chi connectivity index (χ2n) is 6.86. The molecule has 0 aromatic heterocycles. The van der Waals surface area contributed by atoms with E-state index in [-0.39, 0.29) is 18.3 Å². The second kappa shape index (κ2) is 9.29. The van der Waals surface area contributed by atoms with E-state index in [2.05, 4.69) is 22.8 Å². The molecule has 1 atom stereocenters. The van der Waals surface area contributed by atoms with E-state index >= 15 is 0 Å². The van der Waals surface area contributed by atoms with Crippen LogP contribution in [0.5, 0.6) is 0 Å². The number of rotatable bonds is 5. The molecule has 1 aromatic carbocycles. The third-order valence-electron chi connectivity index (χ3n) is 5.25. The van der Waals surface area contributed by atoms with E-state index < -0.39 is 0 Å². The van der Waals surface area contributed by atoms with Gasteiger partial charge in [-0.25, -0.2) is 0 Å². The van der Waals surface area contributed by atoms with Crippen LogP contribution < -0.4 is 10.6 Å². The summed E-state index contributed by atoms with van der Waals surface area (Å²) in [6.07, 6.45) is 9.02. The summed E-state index contributed by atoms with van der Waals surface area (Å²) in [7, 11) is 0. The third-order valence-corrected chi connectivity index (χ3v) is 5.25. The van der Waals surface area contributed by atoms with Crippen molar-refractivity contribution in [2.45, 2.75) is 50.9 Å². The highest BCUT2D eigenvalue weighted by atomic mass is 35.5. The number of hydrogen-bond donors (Lipinski definition) is 2. The van der Waals surface area contributed by atoms with E-state index in [1.807, 2.05) is 12.1 Å². The molecule has 1 aliphatic carbocycles. The zero-order chi connectivity index (χ0) is 15.2. The lowest BCUT2D eigenvalue weighted by atomic mass is 9.84. The zero-order valence-corrected chi connectivity index (χ0v) is 14.7. The van der Waals surface area contributed by atoms with Crippen LogP contribution in [0.2, 0.25) is 0 Å². The van der Waals surface area contributed by atoms with Gasteiger partial charge in [-0.3, -0.25) is 4.79 Å². The average Bonchev–Trinajstić information content (AvgIpc) is 3.09. The Morgan fingerprint density at radius 3 is 2.48 bits per heavy atom. The first kappa shape index (κ1) is 18.3. The molecule has 1 unspecified atom stereocenters. The SMILES string of the molecule is Cl.O=C(NCCC1CCNC1)c1ccc(C2CCCCC2)cc1. The molecule has 0 spiro atoms. The van der Waals surface area contributed by atoms with Crippen LogP contribution in [-0.4, -0.2) is 25.5 Å².